The fourth-order valence-corrected chi connectivity index (χ4v) is 2.76. The zero-order chi connectivity index (χ0) is 12.5. The number of amides is 1. The number of carbonyl (C=O) groups is 1. The van der Waals surface area contributed by atoms with Gasteiger partial charge in [0.1, 0.15) is 0 Å². The van der Waals surface area contributed by atoms with Crippen molar-refractivity contribution in [1.82, 2.24) is 10.6 Å². The molecule has 0 spiro atoms. The van der Waals surface area contributed by atoms with Crippen molar-refractivity contribution in [3.8, 4) is 0 Å². The summed E-state index contributed by atoms with van der Waals surface area (Å²) in [6, 6.07) is -0.0339. The van der Waals surface area contributed by atoms with Crippen molar-refractivity contribution >= 4 is 5.91 Å². The van der Waals surface area contributed by atoms with Crippen molar-refractivity contribution in [2.24, 2.45) is 5.92 Å². The largest absolute Gasteiger partial charge is 0.376 e. The second kappa shape index (κ2) is 4.94. The van der Waals surface area contributed by atoms with Crippen LogP contribution < -0.4 is 10.6 Å². The Balaban J connectivity index is 1.96. The molecule has 4 heteroatoms. The van der Waals surface area contributed by atoms with Gasteiger partial charge < -0.3 is 15.4 Å². The van der Waals surface area contributed by atoms with Crippen LogP contribution in [0.1, 0.15) is 40.0 Å². The zero-order valence-electron chi connectivity index (χ0n) is 11.1. The number of nitrogens with one attached hydrogen (secondary N) is 2. The smallest absolute Gasteiger partial charge is 0.237 e. The molecule has 2 heterocycles. The molecular formula is C13H24N2O2. The van der Waals surface area contributed by atoms with E-state index in [0.717, 1.165) is 26.0 Å². The molecule has 0 saturated carbocycles. The molecule has 2 fully saturated rings. The molecule has 2 saturated heterocycles. The Morgan fingerprint density at radius 2 is 2.24 bits per heavy atom. The number of hydrogen-bond acceptors (Lipinski definition) is 3. The number of carbonyl (C=O) groups excluding carboxylic acids is 1. The van der Waals surface area contributed by atoms with E-state index in [0.29, 0.717) is 5.92 Å². The summed E-state index contributed by atoms with van der Waals surface area (Å²) in [6.07, 6.45) is 3.31. The Morgan fingerprint density at radius 1 is 1.47 bits per heavy atom. The number of piperidine rings is 1. The lowest BCUT2D eigenvalue weighted by molar-refractivity contribution is -0.127. The van der Waals surface area contributed by atoms with E-state index in [9.17, 15) is 4.79 Å². The van der Waals surface area contributed by atoms with Gasteiger partial charge in [0, 0.05) is 6.61 Å². The van der Waals surface area contributed by atoms with Crippen LogP contribution >= 0.6 is 0 Å². The van der Waals surface area contributed by atoms with Crippen LogP contribution in [0.5, 0.6) is 0 Å². The zero-order valence-corrected chi connectivity index (χ0v) is 11.1. The fourth-order valence-electron chi connectivity index (χ4n) is 2.76. The monoisotopic (exact) mass is 240 g/mol. The molecule has 0 radical (unpaired) electrons. The molecule has 0 bridgehead atoms. The molecule has 98 valence electrons. The Morgan fingerprint density at radius 3 is 2.82 bits per heavy atom. The molecule has 4 atom stereocenters. The van der Waals surface area contributed by atoms with E-state index in [-0.39, 0.29) is 23.6 Å². The maximum Gasteiger partial charge on any atom is 0.237 e. The first-order chi connectivity index (χ1) is 8.03. The molecule has 4 unspecified atom stereocenters. The molecule has 4 nitrogen and oxygen atoms in total. The van der Waals surface area contributed by atoms with Gasteiger partial charge in [-0.3, -0.25) is 4.79 Å². The van der Waals surface area contributed by atoms with E-state index in [1.54, 1.807) is 0 Å². The maximum atomic E-state index is 12.3. The molecule has 2 aliphatic rings. The van der Waals surface area contributed by atoms with Crippen LogP contribution in [-0.2, 0) is 9.53 Å². The Kier molecular flexibility index (Phi) is 3.73. The van der Waals surface area contributed by atoms with Gasteiger partial charge in [-0.25, -0.2) is 0 Å². The first-order valence-electron chi connectivity index (χ1n) is 6.70. The van der Waals surface area contributed by atoms with Gasteiger partial charge in [-0.2, -0.15) is 0 Å². The number of hydrogen-bond donors (Lipinski definition) is 2. The molecule has 0 aromatic rings. The third kappa shape index (κ3) is 2.63. The van der Waals surface area contributed by atoms with Gasteiger partial charge in [0.25, 0.3) is 0 Å². The summed E-state index contributed by atoms with van der Waals surface area (Å²) in [4.78, 5) is 12.3. The molecule has 0 aromatic carbocycles. The molecule has 0 aliphatic carbocycles. The first kappa shape index (κ1) is 12.8. The van der Waals surface area contributed by atoms with Crippen LogP contribution in [-0.4, -0.2) is 36.7 Å². The Hall–Kier alpha value is -0.610. The second-order valence-corrected chi connectivity index (χ2v) is 5.72. The highest BCUT2D eigenvalue weighted by Gasteiger charge is 2.40. The van der Waals surface area contributed by atoms with E-state index in [4.69, 9.17) is 4.74 Å². The molecule has 0 aromatic heterocycles. The summed E-state index contributed by atoms with van der Waals surface area (Å²) >= 11 is 0. The van der Waals surface area contributed by atoms with Crippen molar-refractivity contribution in [2.75, 3.05) is 13.2 Å². The van der Waals surface area contributed by atoms with Gasteiger partial charge in [-0.1, -0.05) is 6.92 Å². The van der Waals surface area contributed by atoms with E-state index in [2.05, 4.69) is 24.5 Å². The van der Waals surface area contributed by atoms with Crippen LogP contribution in [0.15, 0.2) is 0 Å². The Labute approximate surface area is 103 Å². The molecule has 17 heavy (non-hydrogen) atoms. The molecule has 2 N–H and O–H groups in total. The van der Waals surface area contributed by atoms with Crippen molar-refractivity contribution in [3.05, 3.63) is 0 Å². The summed E-state index contributed by atoms with van der Waals surface area (Å²) in [6.45, 7) is 7.95. The van der Waals surface area contributed by atoms with Crippen LogP contribution in [0, 0.1) is 5.92 Å². The number of ether oxygens (including phenoxy) is 1. The summed E-state index contributed by atoms with van der Waals surface area (Å²) < 4.78 is 5.55. The minimum absolute atomic E-state index is 0.0339. The summed E-state index contributed by atoms with van der Waals surface area (Å²) in [5.74, 6) is 0.557. The highest BCUT2D eigenvalue weighted by molar-refractivity contribution is 5.83. The van der Waals surface area contributed by atoms with Crippen molar-refractivity contribution in [1.29, 1.82) is 0 Å². The predicted octanol–water partition coefficient (Wildman–Crippen LogP) is 1.06. The van der Waals surface area contributed by atoms with Crippen molar-refractivity contribution in [2.45, 2.75) is 57.7 Å². The van der Waals surface area contributed by atoms with Crippen LogP contribution in [0.25, 0.3) is 0 Å². The Bertz CT molecular complexity index is 295. The average Bonchev–Trinajstić information content (AvgIpc) is 2.59. The van der Waals surface area contributed by atoms with E-state index >= 15 is 0 Å². The summed E-state index contributed by atoms with van der Waals surface area (Å²) in [7, 11) is 0. The molecular weight excluding hydrogens is 216 g/mol. The minimum atomic E-state index is -0.198. The van der Waals surface area contributed by atoms with Crippen LogP contribution in [0.4, 0.5) is 0 Å². The quantitative estimate of drug-likeness (QED) is 0.759. The average molecular weight is 240 g/mol. The SMILES string of the molecule is CC1CCCNC1C(=O)NC1(C)CCOC1C. The van der Waals surface area contributed by atoms with Crippen LogP contribution in [0.3, 0.4) is 0 Å². The molecule has 2 aliphatic heterocycles. The lowest BCUT2D eigenvalue weighted by Gasteiger charge is -2.34. The third-order valence-corrected chi connectivity index (χ3v) is 4.35. The van der Waals surface area contributed by atoms with Gasteiger partial charge in [0.2, 0.25) is 5.91 Å². The van der Waals surface area contributed by atoms with E-state index in [1.165, 1.54) is 6.42 Å². The van der Waals surface area contributed by atoms with Crippen LogP contribution in [0.2, 0.25) is 0 Å². The topological polar surface area (TPSA) is 50.4 Å². The van der Waals surface area contributed by atoms with E-state index in [1.807, 2.05) is 6.92 Å². The summed E-state index contributed by atoms with van der Waals surface area (Å²) in [5.41, 5.74) is -0.198. The fraction of sp³-hybridized carbons (Fsp3) is 0.923. The summed E-state index contributed by atoms with van der Waals surface area (Å²) in [5, 5.41) is 6.50. The van der Waals surface area contributed by atoms with Gasteiger partial charge in [-0.15, -0.1) is 0 Å². The lowest BCUT2D eigenvalue weighted by atomic mass is 9.89. The van der Waals surface area contributed by atoms with Gasteiger partial charge in [0.15, 0.2) is 0 Å². The minimum Gasteiger partial charge on any atom is -0.376 e. The normalized spacial score (nSPS) is 42.4. The van der Waals surface area contributed by atoms with Gasteiger partial charge >= 0.3 is 0 Å². The second-order valence-electron chi connectivity index (χ2n) is 5.72. The van der Waals surface area contributed by atoms with Crippen molar-refractivity contribution < 1.29 is 9.53 Å². The van der Waals surface area contributed by atoms with Gasteiger partial charge in [0.05, 0.1) is 17.7 Å². The van der Waals surface area contributed by atoms with Gasteiger partial charge in [-0.05, 0) is 45.6 Å². The number of rotatable bonds is 2. The lowest BCUT2D eigenvalue weighted by Crippen LogP contribution is -2.58. The van der Waals surface area contributed by atoms with E-state index < -0.39 is 0 Å². The van der Waals surface area contributed by atoms with Crippen molar-refractivity contribution in [3.63, 3.8) is 0 Å². The first-order valence-corrected chi connectivity index (χ1v) is 6.70. The predicted molar refractivity (Wildman–Crippen MR) is 66.8 cm³/mol. The molecule has 1 amide bonds. The maximum absolute atomic E-state index is 12.3. The highest BCUT2D eigenvalue weighted by atomic mass is 16.5. The highest BCUT2D eigenvalue weighted by Crippen LogP contribution is 2.26. The standard InChI is InChI=1S/C13H24N2O2/c1-9-5-4-7-14-11(9)12(16)15-13(3)6-8-17-10(13)2/h9-11,14H,4-8H2,1-3H3,(H,15,16). The molecule has 2 rings (SSSR count). The third-order valence-electron chi connectivity index (χ3n) is 4.35.